The van der Waals surface area contributed by atoms with Crippen LogP contribution in [-0.4, -0.2) is 37.3 Å². The number of rotatable bonds is 8. The van der Waals surface area contributed by atoms with Gasteiger partial charge in [-0.1, -0.05) is 24.3 Å². The maximum absolute atomic E-state index is 13.0. The molecule has 1 fully saturated rings. The Morgan fingerprint density at radius 2 is 1.73 bits per heavy atom. The second-order valence-electron chi connectivity index (χ2n) is 6.85. The van der Waals surface area contributed by atoms with Crippen molar-refractivity contribution < 1.29 is 24.3 Å². The maximum atomic E-state index is 13.0. The SMILES string of the molecule is COc1ccc(/C(=C\c2ccc(/C=C/C(=O)NO)cc2)C(=O)NC2CC2)c(OC)c1. The van der Waals surface area contributed by atoms with Gasteiger partial charge in [0, 0.05) is 23.7 Å². The van der Waals surface area contributed by atoms with Crippen LogP contribution in [-0.2, 0) is 9.59 Å². The summed E-state index contributed by atoms with van der Waals surface area (Å²) >= 11 is 0. The molecule has 2 aromatic rings. The Morgan fingerprint density at radius 3 is 2.33 bits per heavy atom. The third-order valence-corrected chi connectivity index (χ3v) is 4.64. The van der Waals surface area contributed by atoms with Gasteiger partial charge in [-0.25, -0.2) is 5.48 Å². The highest BCUT2D eigenvalue weighted by Gasteiger charge is 2.26. The number of hydrogen-bond acceptors (Lipinski definition) is 5. The first-order chi connectivity index (χ1) is 14.5. The molecule has 1 saturated carbocycles. The molecule has 7 heteroatoms. The third-order valence-electron chi connectivity index (χ3n) is 4.64. The highest BCUT2D eigenvalue weighted by molar-refractivity contribution is 6.25. The van der Waals surface area contributed by atoms with Gasteiger partial charge in [0.25, 0.3) is 11.8 Å². The zero-order chi connectivity index (χ0) is 21.5. The van der Waals surface area contributed by atoms with Crippen LogP contribution < -0.4 is 20.3 Å². The molecule has 3 rings (SSSR count). The van der Waals surface area contributed by atoms with E-state index in [4.69, 9.17) is 14.7 Å². The van der Waals surface area contributed by atoms with Crippen molar-refractivity contribution in [2.45, 2.75) is 18.9 Å². The quantitative estimate of drug-likeness (QED) is 0.270. The van der Waals surface area contributed by atoms with Gasteiger partial charge in [0.1, 0.15) is 11.5 Å². The monoisotopic (exact) mass is 408 g/mol. The van der Waals surface area contributed by atoms with Crippen LogP contribution in [0, 0.1) is 0 Å². The fourth-order valence-corrected chi connectivity index (χ4v) is 2.86. The summed E-state index contributed by atoms with van der Waals surface area (Å²) in [5.74, 6) is 0.413. The van der Waals surface area contributed by atoms with Crippen LogP contribution in [0.2, 0.25) is 0 Å². The number of hydrogen-bond donors (Lipinski definition) is 3. The van der Waals surface area contributed by atoms with Crippen LogP contribution in [0.1, 0.15) is 29.5 Å². The Bertz CT molecular complexity index is 976. The van der Waals surface area contributed by atoms with E-state index in [1.54, 1.807) is 50.1 Å². The number of amides is 2. The number of carbonyl (C=O) groups is 2. The molecule has 7 nitrogen and oxygen atoms in total. The van der Waals surface area contributed by atoms with Gasteiger partial charge >= 0.3 is 0 Å². The summed E-state index contributed by atoms with van der Waals surface area (Å²) < 4.78 is 10.7. The summed E-state index contributed by atoms with van der Waals surface area (Å²) in [4.78, 5) is 24.1. The second kappa shape index (κ2) is 9.76. The maximum Gasteiger partial charge on any atom is 0.267 e. The molecular formula is C23H24N2O5. The lowest BCUT2D eigenvalue weighted by Gasteiger charge is -2.14. The lowest BCUT2D eigenvalue weighted by molar-refractivity contribution is -0.124. The number of benzene rings is 2. The van der Waals surface area contributed by atoms with E-state index in [2.05, 4.69) is 5.32 Å². The van der Waals surface area contributed by atoms with Gasteiger partial charge in [0.05, 0.1) is 19.8 Å². The highest BCUT2D eigenvalue weighted by Crippen LogP contribution is 2.32. The molecule has 2 amide bonds. The van der Waals surface area contributed by atoms with E-state index >= 15 is 0 Å². The summed E-state index contributed by atoms with van der Waals surface area (Å²) in [5.41, 5.74) is 4.30. The van der Waals surface area contributed by atoms with Crippen molar-refractivity contribution in [1.29, 1.82) is 0 Å². The van der Waals surface area contributed by atoms with Gasteiger partial charge in [-0.2, -0.15) is 0 Å². The normalized spacial score (nSPS) is 13.8. The fraction of sp³-hybridized carbons (Fsp3) is 0.217. The van der Waals surface area contributed by atoms with Crippen molar-refractivity contribution in [2.24, 2.45) is 0 Å². The molecule has 0 aromatic heterocycles. The van der Waals surface area contributed by atoms with E-state index < -0.39 is 5.91 Å². The predicted molar refractivity (Wildman–Crippen MR) is 114 cm³/mol. The summed E-state index contributed by atoms with van der Waals surface area (Å²) in [6.45, 7) is 0. The Morgan fingerprint density at radius 1 is 1.03 bits per heavy atom. The molecule has 1 aliphatic rings. The first-order valence-corrected chi connectivity index (χ1v) is 9.51. The number of ether oxygens (including phenoxy) is 2. The van der Waals surface area contributed by atoms with Gasteiger partial charge in [0.2, 0.25) is 0 Å². The second-order valence-corrected chi connectivity index (χ2v) is 6.85. The molecule has 0 saturated heterocycles. The van der Waals surface area contributed by atoms with Gasteiger partial charge in [-0.3, -0.25) is 14.8 Å². The van der Waals surface area contributed by atoms with E-state index in [0.29, 0.717) is 22.6 Å². The standard InChI is InChI=1S/C23H24N2O5/c1-29-18-10-11-19(21(14-18)30-2)20(23(27)24-17-8-9-17)13-16-5-3-15(4-6-16)7-12-22(26)25-28/h3-7,10-14,17,28H,8-9H2,1-2H3,(H,24,27)(H,25,26)/b12-7+,20-13+. The van der Waals surface area contributed by atoms with Crippen LogP contribution in [0.15, 0.2) is 48.5 Å². The Hall–Kier alpha value is -3.58. The minimum atomic E-state index is -0.607. The zero-order valence-corrected chi connectivity index (χ0v) is 16.8. The summed E-state index contributed by atoms with van der Waals surface area (Å²) in [6, 6.07) is 12.9. The van der Waals surface area contributed by atoms with Crippen LogP contribution in [0.25, 0.3) is 17.7 Å². The van der Waals surface area contributed by atoms with E-state index in [1.807, 2.05) is 24.3 Å². The van der Waals surface area contributed by atoms with Crippen molar-refractivity contribution in [3.8, 4) is 11.5 Å². The topological polar surface area (TPSA) is 96.9 Å². The molecule has 0 unspecified atom stereocenters. The van der Waals surface area contributed by atoms with E-state index in [9.17, 15) is 9.59 Å². The average Bonchev–Trinajstić information content (AvgIpc) is 3.60. The summed E-state index contributed by atoms with van der Waals surface area (Å²) in [6.07, 6.45) is 6.58. The van der Waals surface area contributed by atoms with Gasteiger partial charge in [0.15, 0.2) is 0 Å². The molecule has 0 radical (unpaired) electrons. The molecule has 0 aliphatic heterocycles. The lowest BCUT2D eigenvalue weighted by atomic mass is 10.00. The van der Waals surface area contributed by atoms with Crippen LogP contribution in [0.5, 0.6) is 11.5 Å². The summed E-state index contributed by atoms with van der Waals surface area (Å²) in [7, 11) is 3.13. The van der Waals surface area contributed by atoms with Crippen molar-refractivity contribution >= 4 is 29.5 Å². The van der Waals surface area contributed by atoms with Crippen molar-refractivity contribution in [3.05, 3.63) is 65.2 Å². The van der Waals surface area contributed by atoms with Gasteiger partial charge in [-0.05, 0) is 48.3 Å². The lowest BCUT2D eigenvalue weighted by Crippen LogP contribution is -2.26. The zero-order valence-electron chi connectivity index (χ0n) is 16.8. The van der Waals surface area contributed by atoms with Crippen LogP contribution >= 0.6 is 0 Å². The van der Waals surface area contributed by atoms with Crippen LogP contribution in [0.4, 0.5) is 0 Å². The van der Waals surface area contributed by atoms with E-state index in [0.717, 1.165) is 24.0 Å². The molecule has 0 heterocycles. The number of carbonyl (C=O) groups excluding carboxylic acids is 2. The molecule has 0 bridgehead atoms. The largest absolute Gasteiger partial charge is 0.497 e. The summed E-state index contributed by atoms with van der Waals surface area (Å²) in [5, 5.41) is 11.6. The molecule has 3 N–H and O–H groups in total. The first-order valence-electron chi connectivity index (χ1n) is 9.51. The van der Waals surface area contributed by atoms with E-state index in [-0.39, 0.29) is 11.9 Å². The Labute approximate surface area is 175 Å². The smallest absolute Gasteiger partial charge is 0.267 e. The van der Waals surface area contributed by atoms with E-state index in [1.165, 1.54) is 6.08 Å². The van der Waals surface area contributed by atoms with Crippen molar-refractivity contribution in [1.82, 2.24) is 10.8 Å². The first kappa shape index (κ1) is 21.1. The van der Waals surface area contributed by atoms with Gasteiger partial charge in [-0.15, -0.1) is 0 Å². The molecule has 1 aliphatic carbocycles. The predicted octanol–water partition coefficient (Wildman–Crippen LogP) is 3.04. The Balaban J connectivity index is 1.94. The number of nitrogens with one attached hydrogen (secondary N) is 2. The molecular weight excluding hydrogens is 384 g/mol. The van der Waals surface area contributed by atoms with Gasteiger partial charge < -0.3 is 14.8 Å². The van der Waals surface area contributed by atoms with Crippen LogP contribution in [0.3, 0.4) is 0 Å². The minimum Gasteiger partial charge on any atom is -0.497 e. The third kappa shape index (κ3) is 5.48. The molecule has 30 heavy (non-hydrogen) atoms. The van der Waals surface area contributed by atoms with Crippen molar-refractivity contribution in [2.75, 3.05) is 14.2 Å². The molecule has 0 atom stereocenters. The average molecular weight is 408 g/mol. The number of methoxy groups -OCH3 is 2. The molecule has 156 valence electrons. The number of hydroxylamine groups is 1. The fourth-order valence-electron chi connectivity index (χ4n) is 2.86. The highest BCUT2D eigenvalue weighted by atomic mass is 16.5. The Kier molecular flexibility index (Phi) is 6.87. The van der Waals surface area contributed by atoms with Crippen molar-refractivity contribution in [3.63, 3.8) is 0 Å². The molecule has 2 aromatic carbocycles. The molecule has 0 spiro atoms. The minimum absolute atomic E-state index is 0.162.